The van der Waals surface area contributed by atoms with Crippen LogP contribution < -0.4 is 0 Å². The van der Waals surface area contributed by atoms with Crippen molar-refractivity contribution in [3.05, 3.63) is 16.4 Å². The first-order valence-corrected chi connectivity index (χ1v) is 6.95. The highest BCUT2D eigenvalue weighted by Gasteiger charge is 2.44. The second-order valence-electron chi connectivity index (χ2n) is 5.52. The molecule has 3 rings (SSSR count). The van der Waals surface area contributed by atoms with Gasteiger partial charge in [-0.15, -0.1) is 0 Å². The molecular formula is C13H19ClN2O2. The van der Waals surface area contributed by atoms with Crippen LogP contribution >= 0.6 is 11.6 Å². The van der Waals surface area contributed by atoms with E-state index in [9.17, 15) is 5.11 Å². The minimum atomic E-state index is -0.374. The van der Waals surface area contributed by atoms with Crippen molar-refractivity contribution in [1.29, 1.82) is 0 Å². The number of halogens is 1. The van der Waals surface area contributed by atoms with Gasteiger partial charge in [0, 0.05) is 24.9 Å². The van der Waals surface area contributed by atoms with Crippen LogP contribution in [0.5, 0.6) is 0 Å². The molecule has 100 valence electrons. The summed E-state index contributed by atoms with van der Waals surface area (Å²) in [4.78, 5) is 0. The molecule has 0 aromatic carbocycles. The highest BCUT2D eigenvalue weighted by molar-refractivity contribution is 6.30. The molecule has 2 aliphatic rings. The summed E-state index contributed by atoms with van der Waals surface area (Å²) in [5.41, 5.74) is 1.88. The molecule has 1 aromatic rings. The third-order valence-corrected chi connectivity index (χ3v) is 4.80. The molecule has 0 saturated carbocycles. The predicted octanol–water partition coefficient (Wildman–Crippen LogP) is 1.85. The minimum absolute atomic E-state index is 0.251. The van der Waals surface area contributed by atoms with Crippen LogP contribution in [0.2, 0.25) is 5.15 Å². The first-order chi connectivity index (χ1) is 8.56. The molecule has 1 aromatic heterocycles. The molecule has 0 radical (unpaired) electrons. The van der Waals surface area contributed by atoms with Crippen LogP contribution in [0.1, 0.15) is 30.5 Å². The third kappa shape index (κ3) is 1.96. The van der Waals surface area contributed by atoms with Gasteiger partial charge in [0.1, 0.15) is 5.15 Å². The quantitative estimate of drug-likeness (QED) is 0.912. The number of rotatable bonds is 3. The number of hydrogen-bond acceptors (Lipinski definition) is 3. The van der Waals surface area contributed by atoms with Gasteiger partial charge in [-0.2, -0.15) is 5.10 Å². The van der Waals surface area contributed by atoms with Crippen molar-refractivity contribution in [3.8, 4) is 0 Å². The molecule has 3 heterocycles. The largest absolute Gasteiger partial charge is 0.392 e. The highest BCUT2D eigenvalue weighted by atomic mass is 35.5. The number of hydrogen-bond donors (Lipinski definition) is 1. The van der Waals surface area contributed by atoms with Gasteiger partial charge in [0.2, 0.25) is 0 Å². The molecular weight excluding hydrogens is 252 g/mol. The molecule has 2 bridgehead atoms. The van der Waals surface area contributed by atoms with Crippen LogP contribution in [0.3, 0.4) is 0 Å². The molecule has 1 N–H and O–H groups in total. The fourth-order valence-corrected chi connectivity index (χ4v) is 3.60. The summed E-state index contributed by atoms with van der Waals surface area (Å²) in [6.07, 6.45) is 4.06. The van der Waals surface area contributed by atoms with Gasteiger partial charge in [-0.3, -0.25) is 4.68 Å². The van der Waals surface area contributed by atoms with Crippen molar-refractivity contribution in [2.45, 2.75) is 50.9 Å². The van der Waals surface area contributed by atoms with Gasteiger partial charge in [0.05, 0.1) is 24.0 Å². The van der Waals surface area contributed by atoms with Crippen molar-refractivity contribution >= 4 is 11.6 Å². The van der Waals surface area contributed by atoms with Crippen LogP contribution in [0.15, 0.2) is 0 Å². The number of aliphatic hydroxyl groups is 1. The number of nitrogens with zero attached hydrogens (tertiary/aromatic N) is 2. The summed E-state index contributed by atoms with van der Waals surface area (Å²) < 4.78 is 7.46. The fraction of sp³-hybridized carbons (Fsp3) is 0.769. The number of aliphatic hydroxyl groups excluding tert-OH is 1. The van der Waals surface area contributed by atoms with Crippen LogP contribution in [0, 0.1) is 12.8 Å². The SMILES string of the molecule is Cc1nn(C)c(Cl)c1CC(O)C1CC2CCC1O2. The number of ether oxygens (including phenoxy) is 1. The van der Waals surface area contributed by atoms with Crippen molar-refractivity contribution in [1.82, 2.24) is 9.78 Å². The fourth-order valence-electron chi connectivity index (χ4n) is 3.35. The molecule has 0 amide bonds. The Balaban J connectivity index is 1.72. The van der Waals surface area contributed by atoms with Gasteiger partial charge >= 0.3 is 0 Å². The van der Waals surface area contributed by atoms with E-state index >= 15 is 0 Å². The van der Waals surface area contributed by atoms with Gasteiger partial charge in [0.25, 0.3) is 0 Å². The van der Waals surface area contributed by atoms with E-state index in [1.807, 2.05) is 14.0 Å². The Labute approximate surface area is 112 Å². The molecule has 4 nitrogen and oxygen atoms in total. The maximum atomic E-state index is 10.4. The number of aromatic nitrogens is 2. The monoisotopic (exact) mass is 270 g/mol. The summed E-state index contributed by atoms with van der Waals surface area (Å²) >= 11 is 6.20. The van der Waals surface area contributed by atoms with Gasteiger partial charge in [0.15, 0.2) is 0 Å². The zero-order chi connectivity index (χ0) is 12.9. The standard InChI is InChI=1S/C13H19ClN2O2/c1-7-9(13(14)16(2)15-7)6-11(17)10-5-8-3-4-12(10)18-8/h8,10-12,17H,3-6H2,1-2H3. The van der Waals surface area contributed by atoms with E-state index in [0.29, 0.717) is 17.7 Å². The zero-order valence-electron chi connectivity index (χ0n) is 10.8. The van der Waals surface area contributed by atoms with Crippen molar-refractivity contribution < 1.29 is 9.84 Å². The zero-order valence-corrected chi connectivity index (χ0v) is 11.5. The Morgan fingerprint density at radius 1 is 1.56 bits per heavy atom. The Bertz CT molecular complexity index is 460. The van der Waals surface area contributed by atoms with Crippen molar-refractivity contribution in [2.75, 3.05) is 0 Å². The normalized spacial score (nSPS) is 32.1. The maximum absolute atomic E-state index is 10.4. The smallest absolute Gasteiger partial charge is 0.130 e. The van der Waals surface area contributed by atoms with E-state index in [1.54, 1.807) is 4.68 Å². The van der Waals surface area contributed by atoms with Crippen LogP contribution in [-0.2, 0) is 18.2 Å². The first kappa shape index (κ1) is 12.5. The molecule has 2 fully saturated rings. The molecule has 2 saturated heterocycles. The van der Waals surface area contributed by atoms with Crippen molar-refractivity contribution in [3.63, 3.8) is 0 Å². The maximum Gasteiger partial charge on any atom is 0.130 e. The van der Waals surface area contributed by atoms with Gasteiger partial charge in [-0.1, -0.05) is 11.6 Å². The summed E-state index contributed by atoms with van der Waals surface area (Å²) in [5.74, 6) is 0.263. The summed E-state index contributed by atoms with van der Waals surface area (Å²) in [7, 11) is 1.83. The number of aryl methyl sites for hydroxylation is 2. The van der Waals surface area contributed by atoms with E-state index in [0.717, 1.165) is 30.5 Å². The van der Waals surface area contributed by atoms with E-state index < -0.39 is 0 Å². The molecule has 5 heteroatoms. The lowest BCUT2D eigenvalue weighted by molar-refractivity contribution is 0.0431. The molecule has 2 aliphatic heterocycles. The minimum Gasteiger partial charge on any atom is -0.392 e. The van der Waals surface area contributed by atoms with E-state index in [2.05, 4.69) is 5.10 Å². The van der Waals surface area contributed by atoms with E-state index in [1.165, 1.54) is 0 Å². The second kappa shape index (κ2) is 4.51. The Hall–Kier alpha value is -0.580. The van der Waals surface area contributed by atoms with Crippen molar-refractivity contribution in [2.24, 2.45) is 13.0 Å². The topological polar surface area (TPSA) is 47.3 Å². The average Bonchev–Trinajstić information content (AvgIpc) is 3.00. The van der Waals surface area contributed by atoms with Crippen LogP contribution in [-0.4, -0.2) is 33.2 Å². The lowest BCUT2D eigenvalue weighted by atomic mass is 9.83. The average molecular weight is 271 g/mol. The Kier molecular flexibility index (Phi) is 3.12. The molecule has 18 heavy (non-hydrogen) atoms. The first-order valence-electron chi connectivity index (χ1n) is 6.57. The second-order valence-corrected chi connectivity index (χ2v) is 5.88. The van der Waals surface area contributed by atoms with Crippen LogP contribution in [0.25, 0.3) is 0 Å². The third-order valence-electron chi connectivity index (χ3n) is 4.33. The Morgan fingerprint density at radius 2 is 2.33 bits per heavy atom. The van der Waals surface area contributed by atoms with Gasteiger partial charge < -0.3 is 9.84 Å². The van der Waals surface area contributed by atoms with E-state index in [-0.39, 0.29) is 18.1 Å². The Morgan fingerprint density at radius 3 is 2.83 bits per heavy atom. The summed E-state index contributed by atoms with van der Waals surface area (Å²) in [6.45, 7) is 1.94. The summed E-state index contributed by atoms with van der Waals surface area (Å²) in [5, 5.41) is 15.3. The van der Waals surface area contributed by atoms with Gasteiger partial charge in [-0.05, 0) is 26.2 Å². The highest BCUT2D eigenvalue weighted by Crippen LogP contribution is 2.41. The molecule has 4 atom stereocenters. The number of fused-ring (bicyclic) bond motifs is 2. The predicted molar refractivity (Wildman–Crippen MR) is 68.7 cm³/mol. The molecule has 4 unspecified atom stereocenters. The molecule has 0 spiro atoms. The van der Waals surface area contributed by atoms with Crippen LogP contribution in [0.4, 0.5) is 0 Å². The van der Waals surface area contributed by atoms with Gasteiger partial charge in [-0.25, -0.2) is 0 Å². The summed E-state index contributed by atoms with van der Waals surface area (Å²) in [6, 6.07) is 0. The lowest BCUT2D eigenvalue weighted by Gasteiger charge is -2.24. The molecule has 0 aliphatic carbocycles. The lowest BCUT2D eigenvalue weighted by Crippen LogP contribution is -2.31. The van der Waals surface area contributed by atoms with E-state index in [4.69, 9.17) is 16.3 Å².